The summed E-state index contributed by atoms with van der Waals surface area (Å²) in [6.45, 7) is 4.33. The number of thioether (sulfide) groups is 1. The number of likely N-dealkylation sites (tertiary alicyclic amines) is 1. The molecule has 0 aromatic carbocycles. The van der Waals surface area contributed by atoms with E-state index in [0.717, 1.165) is 31.4 Å². The average Bonchev–Trinajstić information content (AvgIpc) is 2.84. The fourth-order valence-electron chi connectivity index (χ4n) is 2.17. The van der Waals surface area contributed by atoms with E-state index in [-0.39, 0.29) is 17.6 Å². The normalized spacial score (nSPS) is 16.1. The Labute approximate surface area is 121 Å². The van der Waals surface area contributed by atoms with Crippen molar-refractivity contribution in [3.8, 4) is 0 Å². The van der Waals surface area contributed by atoms with E-state index in [2.05, 4.69) is 15.5 Å². The highest BCUT2D eigenvalue weighted by atomic mass is 32.2. The Morgan fingerprint density at radius 3 is 2.75 bits per heavy atom. The summed E-state index contributed by atoms with van der Waals surface area (Å²) in [5.41, 5.74) is 0. The van der Waals surface area contributed by atoms with E-state index in [1.807, 2.05) is 0 Å². The van der Waals surface area contributed by atoms with E-state index >= 15 is 0 Å². The molecule has 110 valence electrons. The van der Waals surface area contributed by atoms with Gasteiger partial charge in [-0.15, -0.1) is 10.2 Å². The molecule has 1 aromatic heterocycles. The van der Waals surface area contributed by atoms with Crippen LogP contribution in [0.1, 0.15) is 32.1 Å². The number of carbonyl (C=O) groups excluding carboxylic acids is 2. The Balaban J connectivity index is 1.76. The van der Waals surface area contributed by atoms with Crippen LogP contribution < -0.4 is 10.2 Å². The predicted octanol–water partition coefficient (Wildman–Crippen LogP) is -0.607. The molecule has 0 saturated carbocycles. The molecule has 0 bridgehead atoms. The zero-order chi connectivity index (χ0) is 14.4. The number of nitrogens with one attached hydrogen (secondary N) is 2. The van der Waals surface area contributed by atoms with Gasteiger partial charge in [-0.3, -0.25) is 14.9 Å². The molecule has 2 amide bonds. The fraction of sp³-hybridized carbons (Fsp3) is 0.667. The molecule has 1 aliphatic rings. The lowest BCUT2D eigenvalue weighted by Gasteiger charge is -2.21. The van der Waals surface area contributed by atoms with Gasteiger partial charge in [0.2, 0.25) is 11.8 Å². The maximum Gasteiger partial charge on any atom is 0.277 e. The Bertz CT molecular complexity index is 471. The van der Waals surface area contributed by atoms with Crippen LogP contribution in [0, 0.1) is 0 Å². The van der Waals surface area contributed by atoms with Gasteiger partial charge in [-0.25, -0.2) is 0 Å². The molecule has 7 nitrogen and oxygen atoms in total. The number of hydrogen-bond acceptors (Lipinski definition) is 6. The minimum Gasteiger partial charge on any atom is -0.410 e. The number of imide groups is 1. The van der Waals surface area contributed by atoms with E-state index in [4.69, 9.17) is 4.42 Å². The number of nitrogens with zero attached hydrogens (tertiary/aromatic N) is 2. The van der Waals surface area contributed by atoms with Crippen molar-refractivity contribution in [1.29, 1.82) is 0 Å². The molecular weight excluding hydrogens is 280 g/mol. The van der Waals surface area contributed by atoms with Gasteiger partial charge in [-0.1, -0.05) is 11.8 Å². The second-order valence-electron chi connectivity index (χ2n) is 4.84. The van der Waals surface area contributed by atoms with Crippen molar-refractivity contribution in [1.82, 2.24) is 15.5 Å². The van der Waals surface area contributed by atoms with Gasteiger partial charge in [-0.05, 0) is 19.3 Å². The highest BCUT2D eigenvalue weighted by Crippen LogP contribution is 2.15. The van der Waals surface area contributed by atoms with Crippen LogP contribution in [0.4, 0.5) is 0 Å². The molecule has 1 aromatic rings. The Hall–Kier alpha value is -1.41. The van der Waals surface area contributed by atoms with Gasteiger partial charge in [0.15, 0.2) is 6.54 Å². The van der Waals surface area contributed by atoms with Crippen molar-refractivity contribution >= 4 is 23.6 Å². The van der Waals surface area contributed by atoms with Crippen LogP contribution in [0.2, 0.25) is 0 Å². The molecule has 0 atom stereocenters. The first-order valence-electron chi connectivity index (χ1n) is 6.72. The van der Waals surface area contributed by atoms with Gasteiger partial charge in [0.05, 0.1) is 18.8 Å². The van der Waals surface area contributed by atoms with Crippen molar-refractivity contribution in [3.05, 3.63) is 5.89 Å². The minimum atomic E-state index is -0.365. The number of amides is 2. The van der Waals surface area contributed by atoms with E-state index in [0.29, 0.717) is 11.1 Å². The number of carbonyl (C=O) groups is 2. The summed E-state index contributed by atoms with van der Waals surface area (Å²) in [6.07, 6.45) is 3.80. The second-order valence-corrected chi connectivity index (χ2v) is 5.77. The van der Waals surface area contributed by atoms with E-state index < -0.39 is 0 Å². The predicted molar refractivity (Wildman–Crippen MR) is 72.1 cm³/mol. The van der Waals surface area contributed by atoms with Gasteiger partial charge >= 0.3 is 0 Å². The van der Waals surface area contributed by atoms with E-state index in [9.17, 15) is 9.59 Å². The van der Waals surface area contributed by atoms with Crippen LogP contribution in [0.15, 0.2) is 9.64 Å². The van der Waals surface area contributed by atoms with Crippen LogP contribution in [0.3, 0.4) is 0 Å². The van der Waals surface area contributed by atoms with E-state index in [1.165, 1.54) is 31.1 Å². The van der Waals surface area contributed by atoms with Crippen LogP contribution in [-0.4, -0.2) is 40.9 Å². The summed E-state index contributed by atoms with van der Waals surface area (Å²) in [4.78, 5) is 23.5. The molecular formula is C12H19N4O3S+. The number of rotatable bonds is 5. The molecule has 20 heavy (non-hydrogen) atoms. The lowest BCUT2D eigenvalue weighted by atomic mass is 10.1. The monoisotopic (exact) mass is 299 g/mol. The molecule has 0 radical (unpaired) electrons. The Morgan fingerprint density at radius 1 is 1.30 bits per heavy atom. The molecule has 0 spiro atoms. The third-order valence-electron chi connectivity index (χ3n) is 3.05. The summed E-state index contributed by atoms with van der Waals surface area (Å²) in [5.74, 6) is -0.0200. The van der Waals surface area contributed by atoms with Gasteiger partial charge in [0.25, 0.3) is 11.1 Å². The first-order valence-corrected chi connectivity index (χ1v) is 7.71. The smallest absolute Gasteiger partial charge is 0.277 e. The molecule has 2 rings (SSSR count). The summed E-state index contributed by atoms with van der Waals surface area (Å²) >= 11 is 1.14. The molecule has 8 heteroatoms. The van der Waals surface area contributed by atoms with Crippen LogP contribution in [0.5, 0.6) is 0 Å². The van der Waals surface area contributed by atoms with Gasteiger partial charge < -0.3 is 9.32 Å². The molecule has 1 saturated heterocycles. The van der Waals surface area contributed by atoms with Gasteiger partial charge in [0, 0.05) is 6.92 Å². The molecule has 1 aliphatic heterocycles. The van der Waals surface area contributed by atoms with Crippen molar-refractivity contribution < 1.29 is 18.9 Å². The molecule has 2 N–H and O–H groups in total. The standard InChI is InChI=1S/C12H18N4O3S/c1-9(17)13-10(18)8-20-12-15-14-11(19-12)7-16-5-3-2-4-6-16/h2-8H2,1H3,(H,13,17,18)/p+1. The van der Waals surface area contributed by atoms with Crippen LogP contribution in [-0.2, 0) is 16.1 Å². The summed E-state index contributed by atoms with van der Waals surface area (Å²) in [7, 11) is 0. The topological polar surface area (TPSA) is 89.5 Å². The maximum absolute atomic E-state index is 11.3. The third-order valence-corrected chi connectivity index (χ3v) is 3.87. The van der Waals surface area contributed by atoms with E-state index in [1.54, 1.807) is 0 Å². The number of piperidine rings is 1. The van der Waals surface area contributed by atoms with Crippen LogP contribution >= 0.6 is 11.8 Å². The number of quaternary nitrogens is 1. The zero-order valence-electron chi connectivity index (χ0n) is 11.5. The Kier molecular flexibility index (Phi) is 5.54. The molecule has 0 unspecified atom stereocenters. The number of hydrogen-bond donors (Lipinski definition) is 2. The molecule has 2 heterocycles. The Morgan fingerprint density at radius 2 is 2.05 bits per heavy atom. The zero-order valence-corrected chi connectivity index (χ0v) is 12.3. The quantitative estimate of drug-likeness (QED) is 0.705. The summed E-state index contributed by atoms with van der Waals surface area (Å²) in [6, 6.07) is 0. The highest BCUT2D eigenvalue weighted by molar-refractivity contribution is 7.99. The highest BCUT2D eigenvalue weighted by Gasteiger charge is 2.18. The lowest BCUT2D eigenvalue weighted by Crippen LogP contribution is -3.11. The second kappa shape index (κ2) is 7.39. The van der Waals surface area contributed by atoms with Crippen molar-refractivity contribution in [3.63, 3.8) is 0 Å². The first-order chi connectivity index (χ1) is 9.63. The van der Waals surface area contributed by atoms with Crippen LogP contribution in [0.25, 0.3) is 0 Å². The fourth-order valence-corrected chi connectivity index (χ4v) is 2.75. The third kappa shape index (κ3) is 4.93. The van der Waals surface area contributed by atoms with Crippen molar-refractivity contribution in [2.45, 2.75) is 38.0 Å². The summed E-state index contributed by atoms with van der Waals surface area (Å²) < 4.78 is 5.50. The van der Waals surface area contributed by atoms with Gasteiger partial charge in [0.1, 0.15) is 0 Å². The minimum absolute atomic E-state index is 0.0950. The lowest BCUT2D eigenvalue weighted by molar-refractivity contribution is -0.919. The van der Waals surface area contributed by atoms with Gasteiger partial charge in [-0.2, -0.15) is 0 Å². The van der Waals surface area contributed by atoms with Crippen molar-refractivity contribution in [2.75, 3.05) is 18.8 Å². The largest absolute Gasteiger partial charge is 0.410 e. The molecule has 1 fully saturated rings. The SMILES string of the molecule is CC(=O)NC(=O)CSc1nnc(C[NH+]2CCCCC2)o1. The average molecular weight is 299 g/mol. The first kappa shape index (κ1) is 15.0. The maximum atomic E-state index is 11.3. The number of aromatic nitrogens is 2. The van der Waals surface area contributed by atoms with Crippen molar-refractivity contribution in [2.24, 2.45) is 0 Å². The molecule has 0 aliphatic carbocycles. The summed E-state index contributed by atoms with van der Waals surface area (Å²) in [5, 5.41) is 10.5.